The summed E-state index contributed by atoms with van der Waals surface area (Å²) in [6.45, 7) is 1.45. The van der Waals surface area contributed by atoms with E-state index in [1.165, 1.54) is 30.6 Å². The first-order valence-corrected chi connectivity index (χ1v) is 7.25. The SMILES string of the molecule is CCOC(=O)c1ccccc1NC(=O)COC(=O)c1ccncc1. The first kappa shape index (κ1) is 17.1. The highest BCUT2D eigenvalue weighted by molar-refractivity contribution is 6.02. The van der Waals surface area contributed by atoms with E-state index in [0.717, 1.165) is 0 Å². The van der Waals surface area contributed by atoms with Gasteiger partial charge in [-0.05, 0) is 31.2 Å². The van der Waals surface area contributed by atoms with Crippen molar-refractivity contribution in [2.45, 2.75) is 6.92 Å². The molecule has 0 saturated heterocycles. The van der Waals surface area contributed by atoms with Gasteiger partial charge in [0, 0.05) is 12.4 Å². The molecule has 1 heterocycles. The maximum atomic E-state index is 11.9. The molecule has 0 unspecified atom stereocenters. The number of nitrogens with zero attached hydrogens (tertiary/aromatic N) is 1. The fraction of sp³-hybridized carbons (Fsp3) is 0.176. The number of aromatic nitrogens is 1. The molecule has 2 aromatic rings. The molecule has 2 rings (SSSR count). The molecule has 0 aliphatic carbocycles. The lowest BCUT2D eigenvalue weighted by Gasteiger charge is -2.10. The van der Waals surface area contributed by atoms with Crippen molar-refractivity contribution < 1.29 is 23.9 Å². The first-order valence-electron chi connectivity index (χ1n) is 7.25. The summed E-state index contributed by atoms with van der Waals surface area (Å²) in [5.74, 6) is -1.73. The lowest BCUT2D eigenvalue weighted by molar-refractivity contribution is -0.119. The van der Waals surface area contributed by atoms with Gasteiger partial charge in [-0.2, -0.15) is 0 Å². The van der Waals surface area contributed by atoms with Crippen LogP contribution in [0.4, 0.5) is 5.69 Å². The molecule has 0 radical (unpaired) electrons. The second-order valence-electron chi connectivity index (χ2n) is 4.63. The van der Waals surface area contributed by atoms with E-state index in [2.05, 4.69) is 10.3 Å². The molecule has 1 amide bonds. The van der Waals surface area contributed by atoms with Gasteiger partial charge < -0.3 is 14.8 Å². The topological polar surface area (TPSA) is 94.6 Å². The van der Waals surface area contributed by atoms with Crippen LogP contribution in [-0.2, 0) is 14.3 Å². The first-order chi connectivity index (χ1) is 11.6. The number of rotatable bonds is 6. The quantitative estimate of drug-likeness (QED) is 0.816. The van der Waals surface area contributed by atoms with E-state index in [1.54, 1.807) is 25.1 Å². The van der Waals surface area contributed by atoms with Crippen LogP contribution in [-0.4, -0.2) is 36.0 Å². The molecule has 0 aliphatic rings. The van der Waals surface area contributed by atoms with Gasteiger partial charge in [-0.3, -0.25) is 9.78 Å². The maximum absolute atomic E-state index is 11.9. The third kappa shape index (κ3) is 4.64. The molecule has 1 aromatic carbocycles. The van der Waals surface area contributed by atoms with E-state index < -0.39 is 24.5 Å². The Morgan fingerprint density at radius 3 is 2.42 bits per heavy atom. The van der Waals surface area contributed by atoms with Crippen molar-refractivity contribution in [2.24, 2.45) is 0 Å². The lowest BCUT2D eigenvalue weighted by Crippen LogP contribution is -2.22. The Kier molecular flexibility index (Phi) is 6.01. The summed E-state index contributed by atoms with van der Waals surface area (Å²) in [6, 6.07) is 9.39. The lowest BCUT2D eigenvalue weighted by atomic mass is 10.2. The third-order valence-corrected chi connectivity index (χ3v) is 2.95. The second-order valence-corrected chi connectivity index (χ2v) is 4.63. The third-order valence-electron chi connectivity index (χ3n) is 2.95. The number of amides is 1. The van der Waals surface area contributed by atoms with Gasteiger partial charge in [-0.25, -0.2) is 9.59 Å². The number of carbonyl (C=O) groups excluding carboxylic acids is 3. The van der Waals surface area contributed by atoms with Gasteiger partial charge in [-0.15, -0.1) is 0 Å². The number of ether oxygens (including phenoxy) is 2. The molecular weight excluding hydrogens is 312 g/mol. The smallest absolute Gasteiger partial charge is 0.340 e. The van der Waals surface area contributed by atoms with Crippen molar-refractivity contribution in [2.75, 3.05) is 18.5 Å². The van der Waals surface area contributed by atoms with Crippen LogP contribution in [0.5, 0.6) is 0 Å². The Balaban J connectivity index is 1.95. The zero-order valence-electron chi connectivity index (χ0n) is 13.0. The van der Waals surface area contributed by atoms with E-state index in [4.69, 9.17) is 9.47 Å². The Morgan fingerprint density at radius 1 is 1.00 bits per heavy atom. The van der Waals surface area contributed by atoms with E-state index in [0.29, 0.717) is 11.3 Å². The van der Waals surface area contributed by atoms with Crippen LogP contribution in [0.2, 0.25) is 0 Å². The van der Waals surface area contributed by atoms with Crippen molar-refractivity contribution in [1.82, 2.24) is 4.98 Å². The van der Waals surface area contributed by atoms with Crippen molar-refractivity contribution >= 4 is 23.5 Å². The Morgan fingerprint density at radius 2 is 1.71 bits per heavy atom. The minimum absolute atomic E-state index is 0.227. The minimum Gasteiger partial charge on any atom is -0.462 e. The van der Waals surface area contributed by atoms with Gasteiger partial charge >= 0.3 is 11.9 Å². The van der Waals surface area contributed by atoms with Crippen LogP contribution in [0.1, 0.15) is 27.6 Å². The van der Waals surface area contributed by atoms with Crippen LogP contribution < -0.4 is 5.32 Å². The summed E-state index contributed by atoms with van der Waals surface area (Å²) in [5.41, 5.74) is 0.818. The van der Waals surface area contributed by atoms with Gasteiger partial charge in [0.25, 0.3) is 5.91 Å². The Hall–Kier alpha value is -3.22. The molecule has 24 heavy (non-hydrogen) atoms. The molecule has 0 bridgehead atoms. The summed E-state index contributed by atoms with van der Waals surface area (Å²) in [6.07, 6.45) is 2.90. The molecular formula is C17H16N2O5. The molecule has 7 nitrogen and oxygen atoms in total. The Bertz CT molecular complexity index is 731. The van der Waals surface area contributed by atoms with Crippen molar-refractivity contribution in [1.29, 1.82) is 0 Å². The number of hydrogen-bond donors (Lipinski definition) is 1. The number of esters is 2. The van der Waals surface area contributed by atoms with Crippen molar-refractivity contribution in [3.63, 3.8) is 0 Å². The maximum Gasteiger partial charge on any atom is 0.340 e. The van der Waals surface area contributed by atoms with E-state index >= 15 is 0 Å². The van der Waals surface area contributed by atoms with Crippen molar-refractivity contribution in [3.8, 4) is 0 Å². The van der Waals surface area contributed by atoms with Gasteiger partial charge in [0.1, 0.15) is 0 Å². The summed E-state index contributed by atoms with van der Waals surface area (Å²) in [5, 5.41) is 2.53. The summed E-state index contributed by atoms with van der Waals surface area (Å²) in [4.78, 5) is 39.3. The molecule has 0 spiro atoms. The number of hydrogen-bond acceptors (Lipinski definition) is 6. The highest BCUT2D eigenvalue weighted by Gasteiger charge is 2.15. The summed E-state index contributed by atoms with van der Waals surface area (Å²) < 4.78 is 9.84. The minimum atomic E-state index is -0.633. The van der Waals surface area contributed by atoms with Crippen molar-refractivity contribution in [3.05, 3.63) is 59.9 Å². The summed E-state index contributed by atoms with van der Waals surface area (Å²) >= 11 is 0. The zero-order valence-corrected chi connectivity index (χ0v) is 13.0. The highest BCUT2D eigenvalue weighted by Crippen LogP contribution is 2.16. The van der Waals surface area contributed by atoms with Crippen LogP contribution >= 0.6 is 0 Å². The molecule has 0 atom stereocenters. The molecule has 7 heteroatoms. The molecule has 124 valence electrons. The summed E-state index contributed by atoms with van der Waals surface area (Å²) in [7, 11) is 0. The molecule has 0 aliphatic heterocycles. The number of benzene rings is 1. The van der Waals surface area contributed by atoms with E-state index in [1.807, 2.05) is 0 Å². The Labute approximate surface area is 138 Å². The predicted octanol–water partition coefficient (Wildman–Crippen LogP) is 2.05. The molecule has 0 fully saturated rings. The van der Waals surface area contributed by atoms with Gasteiger partial charge in [0.05, 0.1) is 23.4 Å². The zero-order chi connectivity index (χ0) is 17.4. The average Bonchev–Trinajstić information content (AvgIpc) is 2.61. The number of carbonyl (C=O) groups is 3. The monoisotopic (exact) mass is 328 g/mol. The average molecular weight is 328 g/mol. The van der Waals surface area contributed by atoms with Crippen LogP contribution in [0.25, 0.3) is 0 Å². The van der Waals surface area contributed by atoms with E-state index in [9.17, 15) is 14.4 Å². The van der Waals surface area contributed by atoms with E-state index in [-0.39, 0.29) is 12.2 Å². The number of anilines is 1. The van der Waals surface area contributed by atoms with Gasteiger partial charge in [-0.1, -0.05) is 12.1 Å². The fourth-order valence-corrected chi connectivity index (χ4v) is 1.87. The van der Waals surface area contributed by atoms with Crippen LogP contribution in [0.3, 0.4) is 0 Å². The predicted molar refractivity (Wildman–Crippen MR) is 85.5 cm³/mol. The molecule has 1 N–H and O–H groups in total. The number of nitrogens with one attached hydrogen (secondary N) is 1. The number of pyridine rings is 1. The van der Waals surface area contributed by atoms with Crippen LogP contribution in [0, 0.1) is 0 Å². The van der Waals surface area contributed by atoms with Gasteiger partial charge in [0.15, 0.2) is 6.61 Å². The second kappa shape index (κ2) is 8.42. The standard InChI is InChI=1S/C17H16N2O5/c1-2-23-17(22)13-5-3-4-6-14(13)19-15(20)11-24-16(21)12-7-9-18-10-8-12/h3-10H,2,11H2,1H3,(H,19,20). The fourth-order valence-electron chi connectivity index (χ4n) is 1.87. The molecule has 0 saturated carbocycles. The van der Waals surface area contributed by atoms with Crippen LogP contribution in [0.15, 0.2) is 48.8 Å². The van der Waals surface area contributed by atoms with Gasteiger partial charge in [0.2, 0.25) is 0 Å². The molecule has 1 aromatic heterocycles. The highest BCUT2D eigenvalue weighted by atomic mass is 16.5. The number of para-hydroxylation sites is 1. The normalized spacial score (nSPS) is 9.88. The largest absolute Gasteiger partial charge is 0.462 e.